The van der Waals surface area contributed by atoms with Crippen LogP contribution in [0.4, 0.5) is 0 Å². The van der Waals surface area contributed by atoms with E-state index in [4.69, 9.17) is 4.74 Å². The topological polar surface area (TPSA) is 38.3 Å². The highest BCUT2D eigenvalue weighted by atomic mass is 32.1. The molecule has 4 heteroatoms. The molecule has 1 aliphatic rings. The Morgan fingerprint density at radius 3 is 2.86 bits per heavy atom. The summed E-state index contributed by atoms with van der Waals surface area (Å²) in [6.45, 7) is 4.10. The van der Waals surface area contributed by atoms with Gasteiger partial charge in [0.1, 0.15) is 12.3 Å². The fourth-order valence-corrected chi connectivity index (χ4v) is 3.62. The van der Waals surface area contributed by atoms with Crippen LogP contribution >= 0.6 is 11.3 Å². The van der Waals surface area contributed by atoms with E-state index < -0.39 is 11.6 Å². The molecule has 3 atom stereocenters. The van der Waals surface area contributed by atoms with Crippen LogP contribution < -0.4 is 5.32 Å². The average molecular weight is 301 g/mol. The minimum absolute atomic E-state index is 0.0827. The number of thiophene rings is 1. The zero-order chi connectivity index (χ0) is 14.9. The maximum Gasteiger partial charge on any atom is 0.151 e. The molecule has 0 amide bonds. The third-order valence-corrected chi connectivity index (χ3v) is 4.84. The van der Waals surface area contributed by atoms with Crippen molar-refractivity contribution >= 4 is 17.6 Å². The van der Waals surface area contributed by atoms with Crippen molar-refractivity contribution in [2.75, 3.05) is 0 Å². The molecule has 1 fully saturated rings. The number of aldehydes is 1. The summed E-state index contributed by atoms with van der Waals surface area (Å²) in [5.41, 5.74) is 2.95. The predicted molar refractivity (Wildman–Crippen MR) is 85.3 cm³/mol. The molecule has 3 nitrogen and oxygen atoms in total. The SMILES string of the molecule is CCC1NC(C)(c2ccccc2-c2ccsc2)C(C=O)O1. The van der Waals surface area contributed by atoms with Crippen molar-refractivity contribution in [3.8, 4) is 11.1 Å². The molecular weight excluding hydrogens is 282 g/mol. The van der Waals surface area contributed by atoms with Crippen molar-refractivity contribution in [1.82, 2.24) is 5.32 Å². The Bertz CT molecular complexity index is 625. The van der Waals surface area contributed by atoms with Crippen LogP contribution in [0.25, 0.3) is 11.1 Å². The average Bonchev–Trinajstić information content (AvgIpc) is 3.15. The lowest BCUT2D eigenvalue weighted by Crippen LogP contribution is -2.44. The normalized spacial score (nSPS) is 28.7. The summed E-state index contributed by atoms with van der Waals surface area (Å²) < 4.78 is 5.83. The molecule has 3 rings (SSSR count). The Morgan fingerprint density at radius 1 is 1.38 bits per heavy atom. The van der Waals surface area contributed by atoms with E-state index in [1.165, 1.54) is 5.56 Å². The Balaban J connectivity index is 2.09. The summed E-state index contributed by atoms with van der Waals surface area (Å²) in [7, 11) is 0. The van der Waals surface area contributed by atoms with Gasteiger partial charge in [0.2, 0.25) is 0 Å². The lowest BCUT2D eigenvalue weighted by molar-refractivity contribution is -0.119. The maximum atomic E-state index is 11.5. The van der Waals surface area contributed by atoms with Crippen LogP contribution in [0.2, 0.25) is 0 Å². The van der Waals surface area contributed by atoms with Crippen molar-refractivity contribution in [3.63, 3.8) is 0 Å². The van der Waals surface area contributed by atoms with Gasteiger partial charge in [-0.25, -0.2) is 0 Å². The molecule has 0 saturated carbocycles. The highest BCUT2D eigenvalue weighted by molar-refractivity contribution is 7.08. The molecule has 110 valence electrons. The Hall–Kier alpha value is -1.49. The van der Waals surface area contributed by atoms with Gasteiger partial charge in [-0.15, -0.1) is 0 Å². The number of nitrogens with one attached hydrogen (secondary N) is 1. The van der Waals surface area contributed by atoms with Crippen molar-refractivity contribution in [3.05, 3.63) is 46.7 Å². The van der Waals surface area contributed by atoms with E-state index >= 15 is 0 Å². The first kappa shape index (κ1) is 14.4. The highest BCUT2D eigenvalue weighted by Gasteiger charge is 2.46. The van der Waals surface area contributed by atoms with Crippen molar-refractivity contribution in [2.24, 2.45) is 0 Å². The van der Waals surface area contributed by atoms with Crippen LogP contribution in [0, 0.1) is 0 Å². The quantitative estimate of drug-likeness (QED) is 0.878. The zero-order valence-corrected chi connectivity index (χ0v) is 13.0. The monoisotopic (exact) mass is 301 g/mol. The summed E-state index contributed by atoms with van der Waals surface area (Å²) in [5, 5.41) is 7.69. The van der Waals surface area contributed by atoms with Gasteiger partial charge in [-0.3, -0.25) is 5.32 Å². The van der Waals surface area contributed by atoms with Crippen LogP contribution in [0.1, 0.15) is 25.8 Å². The predicted octanol–water partition coefficient (Wildman–Crippen LogP) is 3.55. The lowest BCUT2D eigenvalue weighted by atomic mass is 9.83. The minimum atomic E-state index is -0.499. The summed E-state index contributed by atoms with van der Waals surface area (Å²) in [6.07, 6.45) is 1.19. The molecule has 0 radical (unpaired) electrons. The number of rotatable bonds is 4. The third kappa shape index (κ3) is 2.44. The first-order valence-corrected chi connectivity index (χ1v) is 8.14. The van der Waals surface area contributed by atoms with Gasteiger partial charge in [-0.1, -0.05) is 31.2 Å². The zero-order valence-electron chi connectivity index (χ0n) is 12.2. The Labute approximate surface area is 129 Å². The van der Waals surface area contributed by atoms with Gasteiger partial charge in [0.15, 0.2) is 6.29 Å². The second kappa shape index (κ2) is 5.72. The van der Waals surface area contributed by atoms with E-state index in [1.807, 2.05) is 19.1 Å². The lowest BCUT2D eigenvalue weighted by Gasteiger charge is -2.29. The van der Waals surface area contributed by atoms with Crippen molar-refractivity contribution in [2.45, 2.75) is 38.1 Å². The summed E-state index contributed by atoms with van der Waals surface area (Å²) in [6, 6.07) is 10.3. The van der Waals surface area contributed by atoms with Gasteiger partial charge >= 0.3 is 0 Å². The molecular formula is C17H19NO2S. The molecule has 0 aliphatic carbocycles. The Morgan fingerprint density at radius 2 is 2.19 bits per heavy atom. The van der Waals surface area contributed by atoms with E-state index in [0.717, 1.165) is 23.8 Å². The second-order valence-electron chi connectivity index (χ2n) is 5.49. The van der Waals surface area contributed by atoms with Gasteiger partial charge in [-0.2, -0.15) is 11.3 Å². The second-order valence-corrected chi connectivity index (χ2v) is 6.27. The fraction of sp³-hybridized carbons (Fsp3) is 0.353. The Kier molecular flexibility index (Phi) is 3.93. The van der Waals surface area contributed by atoms with Crippen molar-refractivity contribution in [1.29, 1.82) is 0 Å². The van der Waals surface area contributed by atoms with Crippen LogP contribution in [0.5, 0.6) is 0 Å². The molecule has 0 bridgehead atoms. The maximum absolute atomic E-state index is 11.5. The van der Waals surface area contributed by atoms with Gasteiger partial charge in [0, 0.05) is 0 Å². The number of benzene rings is 1. The summed E-state index contributed by atoms with van der Waals surface area (Å²) in [4.78, 5) is 11.5. The van der Waals surface area contributed by atoms with E-state index in [2.05, 4.69) is 41.2 Å². The molecule has 2 heterocycles. The molecule has 21 heavy (non-hydrogen) atoms. The minimum Gasteiger partial charge on any atom is -0.350 e. The molecule has 0 spiro atoms. The third-order valence-electron chi connectivity index (χ3n) is 4.15. The van der Waals surface area contributed by atoms with Crippen LogP contribution in [-0.4, -0.2) is 18.6 Å². The fourth-order valence-electron chi connectivity index (χ4n) is 2.97. The van der Waals surface area contributed by atoms with E-state index in [9.17, 15) is 4.79 Å². The number of carbonyl (C=O) groups is 1. The van der Waals surface area contributed by atoms with Crippen LogP contribution in [0.3, 0.4) is 0 Å². The molecule has 1 saturated heterocycles. The smallest absolute Gasteiger partial charge is 0.151 e. The summed E-state index contributed by atoms with van der Waals surface area (Å²) in [5.74, 6) is 0. The van der Waals surface area contributed by atoms with E-state index in [-0.39, 0.29) is 6.23 Å². The first-order chi connectivity index (χ1) is 10.2. The van der Waals surface area contributed by atoms with Crippen molar-refractivity contribution < 1.29 is 9.53 Å². The van der Waals surface area contributed by atoms with Gasteiger partial charge < -0.3 is 9.53 Å². The van der Waals surface area contributed by atoms with Gasteiger partial charge in [0.05, 0.1) is 5.54 Å². The molecule has 1 aromatic heterocycles. The van der Waals surface area contributed by atoms with Gasteiger partial charge in [-0.05, 0) is 46.9 Å². The molecule has 1 aliphatic heterocycles. The van der Waals surface area contributed by atoms with Crippen LogP contribution in [0.15, 0.2) is 41.1 Å². The molecule has 1 N–H and O–H groups in total. The van der Waals surface area contributed by atoms with Gasteiger partial charge in [0.25, 0.3) is 0 Å². The summed E-state index contributed by atoms with van der Waals surface area (Å²) >= 11 is 1.67. The molecule has 1 aromatic carbocycles. The number of ether oxygens (including phenoxy) is 1. The van der Waals surface area contributed by atoms with Crippen LogP contribution in [-0.2, 0) is 15.1 Å². The molecule has 3 unspecified atom stereocenters. The number of hydrogen-bond donors (Lipinski definition) is 1. The number of carbonyl (C=O) groups excluding carboxylic acids is 1. The van der Waals surface area contributed by atoms with E-state index in [0.29, 0.717) is 0 Å². The molecule has 2 aromatic rings. The standard InChI is InChI=1S/C17H19NO2S/c1-3-16-18-17(2,15(10-19)20-16)14-7-5-4-6-13(14)12-8-9-21-11-12/h4-11,15-16,18H,3H2,1-2H3. The van der Waals surface area contributed by atoms with E-state index in [1.54, 1.807) is 11.3 Å². The number of hydrogen-bond acceptors (Lipinski definition) is 4. The highest BCUT2D eigenvalue weighted by Crippen LogP contribution is 2.39. The largest absolute Gasteiger partial charge is 0.350 e. The first-order valence-electron chi connectivity index (χ1n) is 7.19.